The van der Waals surface area contributed by atoms with Crippen LogP contribution in [0, 0.1) is 6.92 Å². The number of aromatic nitrogens is 1. The Kier molecular flexibility index (Phi) is 3.05. The summed E-state index contributed by atoms with van der Waals surface area (Å²) in [5.74, 6) is 0.0510. The van der Waals surface area contributed by atoms with Crippen molar-refractivity contribution in [2.45, 2.75) is 18.2 Å². The average molecular weight is 269 g/mol. The number of aryl methyl sites for hydroxylation is 1. The van der Waals surface area contributed by atoms with Gasteiger partial charge in [0.05, 0.1) is 0 Å². The third-order valence-electron chi connectivity index (χ3n) is 2.63. The van der Waals surface area contributed by atoms with Crippen LogP contribution in [0.5, 0.6) is 0 Å². The van der Waals surface area contributed by atoms with E-state index in [-0.39, 0.29) is 5.91 Å². The van der Waals surface area contributed by atoms with E-state index in [1.54, 1.807) is 6.20 Å². The molecule has 1 fully saturated rings. The first-order chi connectivity index (χ1) is 7.18. The Labute approximate surface area is 97.6 Å². The van der Waals surface area contributed by atoms with E-state index >= 15 is 0 Å². The molecule has 2 rings (SSSR count). The highest BCUT2D eigenvalue weighted by atomic mass is 79.9. The topological polar surface area (TPSA) is 33.2 Å². The van der Waals surface area contributed by atoms with Crippen LogP contribution in [-0.4, -0.2) is 33.7 Å². The molecule has 2 heterocycles. The zero-order chi connectivity index (χ0) is 10.8. The summed E-state index contributed by atoms with van der Waals surface area (Å²) in [6.45, 7) is 3.53. The molecule has 0 saturated carbocycles. The lowest BCUT2D eigenvalue weighted by Crippen LogP contribution is -2.30. The molecule has 0 aliphatic carbocycles. The van der Waals surface area contributed by atoms with E-state index in [2.05, 4.69) is 20.9 Å². The Hall–Kier alpha value is -0.900. The number of halogens is 1. The maximum absolute atomic E-state index is 12.1. The number of pyridine rings is 1. The highest BCUT2D eigenvalue weighted by molar-refractivity contribution is 9.09. The van der Waals surface area contributed by atoms with Crippen molar-refractivity contribution >= 4 is 21.8 Å². The molecule has 3 nitrogen and oxygen atoms in total. The second kappa shape index (κ2) is 4.31. The summed E-state index contributed by atoms with van der Waals surface area (Å²) in [5, 5.41) is 0. The van der Waals surface area contributed by atoms with Crippen LogP contribution >= 0.6 is 15.9 Å². The van der Waals surface area contributed by atoms with Crippen molar-refractivity contribution in [1.82, 2.24) is 9.88 Å². The minimum atomic E-state index is 0.0510. The van der Waals surface area contributed by atoms with Crippen molar-refractivity contribution in [3.8, 4) is 0 Å². The second-order valence-corrected chi connectivity index (χ2v) is 5.10. The van der Waals surface area contributed by atoms with Gasteiger partial charge in [-0.05, 0) is 25.0 Å². The number of hydrogen-bond donors (Lipinski definition) is 0. The molecular formula is C11H13BrN2O. The van der Waals surface area contributed by atoms with Crippen LogP contribution in [-0.2, 0) is 0 Å². The van der Waals surface area contributed by atoms with Gasteiger partial charge in [-0.2, -0.15) is 0 Å². The Morgan fingerprint density at radius 1 is 1.67 bits per heavy atom. The molecule has 1 aliphatic heterocycles. The van der Waals surface area contributed by atoms with Crippen molar-refractivity contribution in [1.29, 1.82) is 0 Å². The lowest BCUT2D eigenvalue weighted by Gasteiger charge is -2.15. The fraction of sp³-hybridized carbons (Fsp3) is 0.455. The third-order valence-corrected chi connectivity index (χ3v) is 3.38. The van der Waals surface area contributed by atoms with Gasteiger partial charge in [-0.3, -0.25) is 9.78 Å². The van der Waals surface area contributed by atoms with E-state index in [9.17, 15) is 4.79 Å². The largest absolute Gasteiger partial charge is 0.336 e. The van der Waals surface area contributed by atoms with Gasteiger partial charge in [-0.15, -0.1) is 0 Å². The molecule has 1 aliphatic rings. The lowest BCUT2D eigenvalue weighted by atomic mass is 10.2. The minimum Gasteiger partial charge on any atom is -0.336 e. The molecule has 0 aromatic carbocycles. The zero-order valence-corrected chi connectivity index (χ0v) is 10.2. The van der Waals surface area contributed by atoms with Crippen LogP contribution in [0.15, 0.2) is 18.3 Å². The molecule has 1 saturated heterocycles. The number of likely N-dealkylation sites (tertiary alicyclic amines) is 1. The summed E-state index contributed by atoms with van der Waals surface area (Å²) < 4.78 is 0. The average Bonchev–Trinajstić information content (AvgIpc) is 2.65. The highest BCUT2D eigenvalue weighted by Crippen LogP contribution is 2.19. The molecular weight excluding hydrogens is 256 g/mol. The van der Waals surface area contributed by atoms with Crippen molar-refractivity contribution in [2.24, 2.45) is 0 Å². The SMILES string of the molecule is Cc1cccnc1C(=O)N1CCC(Br)C1. The van der Waals surface area contributed by atoms with Crippen molar-refractivity contribution in [3.63, 3.8) is 0 Å². The first kappa shape index (κ1) is 10.6. The number of carbonyl (C=O) groups excluding carboxylic acids is 1. The number of nitrogens with zero attached hydrogens (tertiary/aromatic N) is 2. The molecule has 4 heteroatoms. The maximum atomic E-state index is 12.1. The smallest absolute Gasteiger partial charge is 0.272 e. The van der Waals surface area contributed by atoms with Crippen molar-refractivity contribution < 1.29 is 4.79 Å². The normalized spacial score (nSPS) is 20.7. The minimum absolute atomic E-state index is 0.0510. The standard InChI is InChI=1S/C11H13BrN2O/c1-8-3-2-5-13-10(8)11(15)14-6-4-9(12)7-14/h2-3,5,9H,4,6-7H2,1H3. The van der Waals surface area contributed by atoms with Crippen LogP contribution in [0.3, 0.4) is 0 Å². The van der Waals surface area contributed by atoms with Crippen LogP contribution in [0.4, 0.5) is 0 Å². The van der Waals surface area contributed by atoms with Gasteiger partial charge < -0.3 is 4.90 Å². The fourth-order valence-electron chi connectivity index (χ4n) is 1.76. The molecule has 0 spiro atoms. The molecule has 1 amide bonds. The Morgan fingerprint density at radius 3 is 3.07 bits per heavy atom. The van der Waals surface area contributed by atoms with Crippen LogP contribution in [0.1, 0.15) is 22.5 Å². The molecule has 0 N–H and O–H groups in total. The summed E-state index contributed by atoms with van der Waals surface area (Å²) >= 11 is 3.52. The monoisotopic (exact) mass is 268 g/mol. The maximum Gasteiger partial charge on any atom is 0.272 e. The molecule has 15 heavy (non-hydrogen) atoms. The summed E-state index contributed by atoms with van der Waals surface area (Å²) in [6, 6.07) is 3.77. The van der Waals surface area contributed by atoms with Gasteiger partial charge in [0.2, 0.25) is 0 Å². The number of hydrogen-bond acceptors (Lipinski definition) is 2. The van der Waals surface area contributed by atoms with Crippen LogP contribution < -0.4 is 0 Å². The highest BCUT2D eigenvalue weighted by Gasteiger charge is 2.26. The fourth-order valence-corrected chi connectivity index (χ4v) is 2.32. The van der Waals surface area contributed by atoms with E-state index in [0.29, 0.717) is 10.5 Å². The molecule has 1 unspecified atom stereocenters. The van der Waals surface area contributed by atoms with Crippen LogP contribution in [0.2, 0.25) is 0 Å². The van der Waals surface area contributed by atoms with Crippen molar-refractivity contribution in [3.05, 3.63) is 29.6 Å². The zero-order valence-electron chi connectivity index (χ0n) is 8.61. The van der Waals surface area contributed by atoms with E-state index in [1.165, 1.54) is 0 Å². The van der Waals surface area contributed by atoms with Gasteiger partial charge in [0, 0.05) is 24.1 Å². The van der Waals surface area contributed by atoms with E-state index < -0.39 is 0 Å². The number of rotatable bonds is 1. The number of alkyl halides is 1. The molecule has 80 valence electrons. The second-order valence-electron chi connectivity index (χ2n) is 3.81. The van der Waals surface area contributed by atoms with E-state index in [0.717, 1.165) is 25.1 Å². The van der Waals surface area contributed by atoms with Gasteiger partial charge in [-0.1, -0.05) is 22.0 Å². The quantitative estimate of drug-likeness (QED) is 0.730. The van der Waals surface area contributed by atoms with Gasteiger partial charge in [0.1, 0.15) is 5.69 Å². The Morgan fingerprint density at radius 2 is 2.47 bits per heavy atom. The summed E-state index contributed by atoms with van der Waals surface area (Å²) in [7, 11) is 0. The lowest BCUT2D eigenvalue weighted by molar-refractivity contribution is 0.0787. The molecule has 0 bridgehead atoms. The Balaban J connectivity index is 2.18. The number of carbonyl (C=O) groups is 1. The predicted octanol–water partition coefficient (Wildman–Crippen LogP) is 2.00. The number of amides is 1. The van der Waals surface area contributed by atoms with Gasteiger partial charge >= 0.3 is 0 Å². The van der Waals surface area contributed by atoms with Crippen molar-refractivity contribution in [2.75, 3.05) is 13.1 Å². The third kappa shape index (κ3) is 2.20. The first-order valence-electron chi connectivity index (χ1n) is 5.03. The molecule has 1 aromatic heterocycles. The van der Waals surface area contributed by atoms with E-state index in [1.807, 2.05) is 24.0 Å². The molecule has 1 aromatic rings. The summed E-state index contributed by atoms with van der Waals surface area (Å²) in [5.41, 5.74) is 1.53. The summed E-state index contributed by atoms with van der Waals surface area (Å²) in [6.07, 6.45) is 2.69. The molecule has 1 atom stereocenters. The predicted molar refractivity (Wildman–Crippen MR) is 62.2 cm³/mol. The van der Waals surface area contributed by atoms with E-state index in [4.69, 9.17) is 0 Å². The summed E-state index contributed by atoms with van der Waals surface area (Å²) in [4.78, 5) is 18.5. The van der Waals surface area contributed by atoms with Gasteiger partial charge in [0.25, 0.3) is 5.91 Å². The molecule has 0 radical (unpaired) electrons. The van der Waals surface area contributed by atoms with Crippen LogP contribution in [0.25, 0.3) is 0 Å². The Bertz CT molecular complexity index is 381. The van der Waals surface area contributed by atoms with Gasteiger partial charge in [-0.25, -0.2) is 0 Å². The first-order valence-corrected chi connectivity index (χ1v) is 5.95. The van der Waals surface area contributed by atoms with Gasteiger partial charge in [0.15, 0.2) is 0 Å².